The van der Waals surface area contributed by atoms with Crippen molar-refractivity contribution in [3.8, 4) is 0 Å². The minimum atomic E-state index is 0.422. The fourth-order valence-corrected chi connectivity index (χ4v) is 2.68. The van der Waals surface area contributed by atoms with Gasteiger partial charge in [0.25, 0.3) is 0 Å². The zero-order chi connectivity index (χ0) is 14.8. The summed E-state index contributed by atoms with van der Waals surface area (Å²) < 4.78 is 5.86. The number of anilines is 1. The van der Waals surface area contributed by atoms with Gasteiger partial charge in [0, 0.05) is 30.2 Å². The third-order valence-corrected chi connectivity index (χ3v) is 3.81. The first-order valence-electron chi connectivity index (χ1n) is 7.16. The molecular weight excluding hydrogens is 260 g/mol. The van der Waals surface area contributed by atoms with E-state index < -0.39 is 0 Å². The summed E-state index contributed by atoms with van der Waals surface area (Å²) in [6.07, 6.45) is 0. The Morgan fingerprint density at radius 3 is 2.67 bits per heavy atom. The van der Waals surface area contributed by atoms with Gasteiger partial charge in [-0.15, -0.1) is 0 Å². The Morgan fingerprint density at radius 1 is 1.10 bits per heavy atom. The van der Waals surface area contributed by atoms with Crippen LogP contribution in [-0.4, -0.2) is 7.05 Å². The normalized spacial score (nSPS) is 11.0. The van der Waals surface area contributed by atoms with Crippen LogP contribution in [0.25, 0.3) is 11.0 Å². The van der Waals surface area contributed by atoms with E-state index in [1.54, 1.807) is 0 Å². The van der Waals surface area contributed by atoms with Crippen molar-refractivity contribution in [3.05, 3.63) is 65.4 Å². The number of benzene rings is 2. The third kappa shape index (κ3) is 2.65. The van der Waals surface area contributed by atoms with E-state index in [1.165, 1.54) is 16.8 Å². The topological polar surface area (TPSA) is 42.4 Å². The summed E-state index contributed by atoms with van der Waals surface area (Å²) in [7, 11) is 2.09. The maximum atomic E-state index is 5.86. The quantitative estimate of drug-likeness (QED) is 0.789. The Balaban J connectivity index is 1.97. The number of nitrogens with zero attached hydrogens (tertiary/aromatic N) is 1. The highest BCUT2D eigenvalue weighted by molar-refractivity contribution is 5.82. The lowest BCUT2D eigenvalue weighted by atomic mass is 10.1. The molecule has 3 nitrogen and oxygen atoms in total. The molecule has 0 unspecified atom stereocenters. The average molecular weight is 280 g/mol. The number of rotatable bonds is 4. The van der Waals surface area contributed by atoms with Gasteiger partial charge in [-0.1, -0.05) is 30.3 Å². The van der Waals surface area contributed by atoms with Crippen molar-refractivity contribution >= 4 is 16.7 Å². The summed E-state index contributed by atoms with van der Waals surface area (Å²) in [5.74, 6) is 0.871. The van der Waals surface area contributed by atoms with Crippen molar-refractivity contribution in [2.24, 2.45) is 5.73 Å². The Kier molecular flexibility index (Phi) is 3.67. The minimum Gasteiger partial charge on any atom is -0.459 e. The van der Waals surface area contributed by atoms with E-state index in [4.69, 9.17) is 10.2 Å². The Bertz CT molecular complexity index is 761. The molecule has 0 aliphatic heterocycles. The van der Waals surface area contributed by atoms with Gasteiger partial charge in [-0.25, -0.2) is 0 Å². The predicted molar refractivity (Wildman–Crippen MR) is 87.4 cm³/mol. The number of hydrogen-bond acceptors (Lipinski definition) is 3. The van der Waals surface area contributed by atoms with Crippen LogP contribution >= 0.6 is 0 Å². The van der Waals surface area contributed by atoms with Crippen LogP contribution < -0.4 is 10.6 Å². The summed E-state index contributed by atoms with van der Waals surface area (Å²) in [5, 5.41) is 1.15. The zero-order valence-corrected chi connectivity index (χ0v) is 12.5. The molecule has 2 aromatic carbocycles. The lowest BCUT2D eigenvalue weighted by molar-refractivity contribution is 0.545. The van der Waals surface area contributed by atoms with Crippen molar-refractivity contribution in [1.82, 2.24) is 0 Å². The van der Waals surface area contributed by atoms with E-state index in [0.717, 1.165) is 23.3 Å². The van der Waals surface area contributed by atoms with Crippen LogP contribution in [0, 0.1) is 6.92 Å². The number of aryl methyl sites for hydroxylation is 1. The fraction of sp³-hybridized carbons (Fsp3) is 0.222. The lowest BCUT2D eigenvalue weighted by Crippen LogP contribution is -2.17. The Morgan fingerprint density at radius 2 is 1.90 bits per heavy atom. The maximum Gasteiger partial charge on any atom is 0.134 e. The van der Waals surface area contributed by atoms with Crippen LogP contribution in [0.3, 0.4) is 0 Å². The molecule has 3 heteroatoms. The number of fused-ring (bicyclic) bond motifs is 1. The summed E-state index contributed by atoms with van der Waals surface area (Å²) in [6.45, 7) is 3.31. The van der Waals surface area contributed by atoms with E-state index in [-0.39, 0.29) is 0 Å². The molecule has 0 saturated carbocycles. The summed E-state index contributed by atoms with van der Waals surface area (Å²) >= 11 is 0. The van der Waals surface area contributed by atoms with E-state index in [0.29, 0.717) is 6.54 Å². The molecular formula is C18H20N2O. The second-order valence-electron chi connectivity index (χ2n) is 5.40. The van der Waals surface area contributed by atoms with Crippen molar-refractivity contribution in [3.63, 3.8) is 0 Å². The average Bonchev–Trinajstić information content (AvgIpc) is 2.85. The maximum absolute atomic E-state index is 5.86. The van der Waals surface area contributed by atoms with Crippen molar-refractivity contribution in [2.75, 3.05) is 11.9 Å². The van der Waals surface area contributed by atoms with Gasteiger partial charge in [0.2, 0.25) is 0 Å². The van der Waals surface area contributed by atoms with Crippen LogP contribution in [0.5, 0.6) is 0 Å². The van der Waals surface area contributed by atoms with E-state index >= 15 is 0 Å². The second-order valence-corrected chi connectivity index (χ2v) is 5.40. The van der Waals surface area contributed by atoms with Gasteiger partial charge < -0.3 is 15.1 Å². The van der Waals surface area contributed by atoms with Crippen LogP contribution in [0.2, 0.25) is 0 Å². The molecule has 1 heterocycles. The number of furan rings is 1. The molecule has 0 bridgehead atoms. The second kappa shape index (κ2) is 5.62. The number of nitrogens with two attached hydrogens (primary N) is 1. The van der Waals surface area contributed by atoms with Gasteiger partial charge in [-0.2, -0.15) is 0 Å². The molecule has 0 amide bonds. The molecule has 0 aliphatic rings. The summed E-state index contributed by atoms with van der Waals surface area (Å²) in [5.41, 5.74) is 10.4. The molecule has 3 aromatic rings. The van der Waals surface area contributed by atoms with Gasteiger partial charge in [0.1, 0.15) is 11.3 Å². The number of hydrogen-bond donors (Lipinski definition) is 1. The predicted octanol–water partition coefficient (Wildman–Crippen LogP) is 3.84. The zero-order valence-electron chi connectivity index (χ0n) is 12.5. The smallest absolute Gasteiger partial charge is 0.134 e. The molecule has 21 heavy (non-hydrogen) atoms. The van der Waals surface area contributed by atoms with Crippen LogP contribution in [0.4, 0.5) is 5.69 Å². The van der Waals surface area contributed by atoms with Crippen molar-refractivity contribution < 1.29 is 4.42 Å². The van der Waals surface area contributed by atoms with Crippen molar-refractivity contribution in [1.29, 1.82) is 0 Å². The highest BCUT2D eigenvalue weighted by atomic mass is 16.3. The first-order valence-corrected chi connectivity index (χ1v) is 7.16. The first-order chi connectivity index (χ1) is 10.2. The molecule has 0 fully saturated rings. The minimum absolute atomic E-state index is 0.422. The third-order valence-electron chi connectivity index (χ3n) is 3.81. The molecule has 2 N–H and O–H groups in total. The van der Waals surface area contributed by atoms with Gasteiger partial charge >= 0.3 is 0 Å². The van der Waals surface area contributed by atoms with Crippen LogP contribution in [0.15, 0.2) is 52.9 Å². The molecule has 0 atom stereocenters. The highest BCUT2D eigenvalue weighted by Gasteiger charge is 2.14. The molecule has 108 valence electrons. The van der Waals surface area contributed by atoms with E-state index in [2.05, 4.69) is 49.2 Å². The van der Waals surface area contributed by atoms with Gasteiger partial charge in [0.05, 0.1) is 6.54 Å². The molecule has 0 radical (unpaired) electrons. The Hall–Kier alpha value is -2.26. The number of para-hydroxylation sites is 1. The lowest BCUT2D eigenvalue weighted by Gasteiger charge is -2.20. The first kappa shape index (κ1) is 13.7. The van der Waals surface area contributed by atoms with E-state index in [9.17, 15) is 0 Å². The summed E-state index contributed by atoms with van der Waals surface area (Å²) in [4.78, 5) is 2.23. The Labute approximate surface area is 125 Å². The van der Waals surface area contributed by atoms with Gasteiger partial charge in [-0.3, -0.25) is 0 Å². The van der Waals surface area contributed by atoms with Crippen molar-refractivity contribution in [2.45, 2.75) is 20.0 Å². The van der Waals surface area contributed by atoms with Crippen LogP contribution in [-0.2, 0) is 13.1 Å². The molecule has 0 aliphatic carbocycles. The largest absolute Gasteiger partial charge is 0.459 e. The van der Waals surface area contributed by atoms with E-state index in [1.807, 2.05) is 18.2 Å². The SMILES string of the molecule is Cc1cccc(N(C)Cc2c(CN)oc3ccccc23)c1. The molecule has 0 saturated heterocycles. The monoisotopic (exact) mass is 280 g/mol. The standard InChI is InChI=1S/C18H20N2O/c1-13-6-5-7-14(10-13)20(2)12-16-15-8-3-4-9-17(15)21-18(16)11-19/h3-10H,11-12,19H2,1-2H3. The molecule has 0 spiro atoms. The fourth-order valence-electron chi connectivity index (χ4n) is 2.68. The van der Waals surface area contributed by atoms with Gasteiger partial charge in [-0.05, 0) is 30.7 Å². The molecule has 1 aromatic heterocycles. The van der Waals surface area contributed by atoms with Crippen LogP contribution in [0.1, 0.15) is 16.9 Å². The highest BCUT2D eigenvalue weighted by Crippen LogP contribution is 2.28. The molecule has 3 rings (SSSR count). The van der Waals surface area contributed by atoms with Gasteiger partial charge in [0.15, 0.2) is 0 Å². The summed E-state index contributed by atoms with van der Waals surface area (Å²) in [6, 6.07) is 16.6.